The molecule has 0 spiro atoms. The average Bonchev–Trinajstić information content (AvgIpc) is 3.65. The van der Waals surface area contributed by atoms with Crippen molar-refractivity contribution in [3.63, 3.8) is 0 Å². The summed E-state index contributed by atoms with van der Waals surface area (Å²) in [5.41, 5.74) is 2.98. The number of nitrogens with zero attached hydrogens (tertiary/aromatic N) is 3. The number of anilines is 1. The van der Waals surface area contributed by atoms with Crippen LogP contribution in [-0.2, 0) is 15.3 Å². The van der Waals surface area contributed by atoms with Crippen LogP contribution >= 0.6 is 23.1 Å². The number of carbonyl (C=O) groups excluding carboxylic acids is 2. The molecule has 1 N–H and O–H groups in total. The van der Waals surface area contributed by atoms with E-state index in [4.69, 9.17) is 18.9 Å². The Bertz CT molecular complexity index is 1710. The second-order valence-electron chi connectivity index (χ2n) is 10.5. The lowest BCUT2D eigenvalue weighted by molar-refractivity contribution is -0.132. The molecule has 1 saturated heterocycles. The fraction of sp³-hybridized carbons (Fsp3) is 0.294. The van der Waals surface area contributed by atoms with Crippen LogP contribution in [0.25, 0.3) is 5.76 Å². The van der Waals surface area contributed by atoms with Crippen molar-refractivity contribution >= 4 is 45.7 Å². The number of Topliss-reactive ketones (excluding diaryl/α,β-unsaturated/α-hetero) is 1. The van der Waals surface area contributed by atoms with Crippen molar-refractivity contribution in [2.75, 3.05) is 32.8 Å². The van der Waals surface area contributed by atoms with Crippen LogP contribution in [0.1, 0.15) is 48.1 Å². The van der Waals surface area contributed by atoms with E-state index in [9.17, 15) is 14.7 Å². The van der Waals surface area contributed by atoms with Gasteiger partial charge in [0.1, 0.15) is 11.5 Å². The number of thioether (sulfide) groups is 1. The molecule has 0 aliphatic carbocycles. The van der Waals surface area contributed by atoms with E-state index in [2.05, 4.69) is 29.3 Å². The summed E-state index contributed by atoms with van der Waals surface area (Å²) in [7, 11) is 4.44. The van der Waals surface area contributed by atoms with Gasteiger partial charge in [-0.05, 0) is 60.9 Å². The number of aromatic nitrogens is 2. The Morgan fingerprint density at radius 3 is 2.24 bits per heavy atom. The Labute approximate surface area is 276 Å². The number of hydrogen-bond donors (Lipinski definition) is 1. The number of methoxy groups -OCH3 is 3. The van der Waals surface area contributed by atoms with Gasteiger partial charge in [-0.2, -0.15) is 0 Å². The molecule has 1 fully saturated rings. The van der Waals surface area contributed by atoms with Crippen LogP contribution < -0.4 is 23.8 Å². The van der Waals surface area contributed by atoms with Gasteiger partial charge in [0.15, 0.2) is 15.8 Å². The number of aryl methyl sites for hydroxylation is 1. The summed E-state index contributed by atoms with van der Waals surface area (Å²) in [6.45, 7) is 4.68. The number of benzene rings is 3. The largest absolute Gasteiger partial charge is 0.507 e. The van der Waals surface area contributed by atoms with Crippen LogP contribution in [0.2, 0.25) is 0 Å². The second kappa shape index (κ2) is 14.7. The van der Waals surface area contributed by atoms with Crippen molar-refractivity contribution in [3.8, 4) is 23.0 Å². The molecule has 2 heterocycles. The van der Waals surface area contributed by atoms with Gasteiger partial charge in [-0.3, -0.25) is 14.5 Å². The van der Waals surface area contributed by atoms with E-state index in [1.165, 1.54) is 54.9 Å². The molecule has 12 heteroatoms. The highest BCUT2D eigenvalue weighted by molar-refractivity contribution is 8.00. The van der Waals surface area contributed by atoms with Crippen molar-refractivity contribution in [1.82, 2.24) is 10.2 Å². The molecule has 1 aliphatic rings. The number of aliphatic hydroxyl groups excluding tert-OH is 1. The number of ketones is 1. The molecular formula is C34H35N3O7S2. The van der Waals surface area contributed by atoms with Gasteiger partial charge < -0.3 is 24.1 Å². The van der Waals surface area contributed by atoms with Gasteiger partial charge in [0, 0.05) is 11.3 Å². The first kappa shape index (κ1) is 32.8. The van der Waals surface area contributed by atoms with Crippen molar-refractivity contribution in [3.05, 3.63) is 88.5 Å². The number of amides is 1. The minimum atomic E-state index is -1.07. The fourth-order valence-electron chi connectivity index (χ4n) is 4.99. The SMILES string of the molecule is CCCCOc1ccc(C(O)=C2C(=O)C(=O)N(c3nnc(SCc4ccc(C)cc4)s3)[C@@H]2c2cc(OC)c(OC)c(OC)c2)cc1. The van der Waals surface area contributed by atoms with E-state index in [0.29, 0.717) is 50.8 Å². The van der Waals surface area contributed by atoms with Gasteiger partial charge in [0.25, 0.3) is 5.78 Å². The first-order valence-electron chi connectivity index (χ1n) is 14.7. The highest BCUT2D eigenvalue weighted by Gasteiger charge is 2.49. The Hall–Kier alpha value is -4.55. The van der Waals surface area contributed by atoms with E-state index >= 15 is 0 Å². The molecule has 1 aliphatic heterocycles. The molecule has 240 valence electrons. The number of aliphatic hydroxyl groups is 1. The molecule has 0 unspecified atom stereocenters. The lowest BCUT2D eigenvalue weighted by Crippen LogP contribution is -2.29. The Kier molecular flexibility index (Phi) is 10.5. The van der Waals surface area contributed by atoms with E-state index < -0.39 is 17.7 Å². The number of rotatable bonds is 13. The number of unbranched alkanes of at least 4 members (excludes halogenated alkanes) is 1. The van der Waals surface area contributed by atoms with Crippen LogP contribution in [0.15, 0.2) is 70.6 Å². The second-order valence-corrected chi connectivity index (χ2v) is 12.7. The predicted octanol–water partition coefficient (Wildman–Crippen LogP) is 6.97. The minimum absolute atomic E-state index is 0.108. The summed E-state index contributed by atoms with van der Waals surface area (Å²) in [4.78, 5) is 28.7. The lowest BCUT2D eigenvalue weighted by atomic mass is 9.94. The minimum Gasteiger partial charge on any atom is -0.507 e. The van der Waals surface area contributed by atoms with Gasteiger partial charge in [0.05, 0.1) is 39.6 Å². The standard InChI is InChI=1S/C34H35N3O7S2/c1-6-7-16-44-24-14-12-22(13-15-24)29(38)27-28(23-17-25(41-3)31(43-5)26(18-23)42-4)37(32(40)30(27)39)33-35-36-34(46-33)45-19-21-10-8-20(2)9-11-21/h8-15,17-18,28,38H,6-7,16,19H2,1-5H3/t28-/m1/s1. The van der Waals surface area contributed by atoms with Gasteiger partial charge in [-0.15, -0.1) is 10.2 Å². The van der Waals surface area contributed by atoms with Crippen molar-refractivity contribution in [2.45, 2.75) is 42.8 Å². The molecule has 1 aromatic heterocycles. The number of ether oxygens (including phenoxy) is 4. The molecule has 0 radical (unpaired) electrons. The van der Waals surface area contributed by atoms with Crippen LogP contribution in [0.4, 0.5) is 5.13 Å². The molecule has 4 aromatic rings. The third kappa shape index (κ3) is 6.82. The third-order valence-electron chi connectivity index (χ3n) is 7.43. The molecule has 3 aromatic carbocycles. The molecule has 10 nitrogen and oxygen atoms in total. The van der Waals surface area contributed by atoms with E-state index in [0.717, 1.165) is 18.4 Å². The predicted molar refractivity (Wildman–Crippen MR) is 178 cm³/mol. The smallest absolute Gasteiger partial charge is 0.301 e. The summed E-state index contributed by atoms with van der Waals surface area (Å²) in [6.07, 6.45) is 1.92. The number of carbonyl (C=O) groups is 2. The third-order valence-corrected chi connectivity index (χ3v) is 9.55. The maximum atomic E-state index is 13.7. The first-order chi connectivity index (χ1) is 22.3. The van der Waals surface area contributed by atoms with Crippen LogP contribution in [0.5, 0.6) is 23.0 Å². The fourth-order valence-corrected chi connectivity index (χ4v) is 6.81. The zero-order valence-electron chi connectivity index (χ0n) is 26.2. The summed E-state index contributed by atoms with van der Waals surface area (Å²) < 4.78 is 23.0. The quantitative estimate of drug-likeness (QED) is 0.0402. The molecule has 0 bridgehead atoms. The molecular weight excluding hydrogens is 627 g/mol. The molecule has 0 saturated carbocycles. The Balaban J connectivity index is 1.57. The highest BCUT2D eigenvalue weighted by atomic mass is 32.2. The van der Waals surface area contributed by atoms with Gasteiger partial charge in [-0.25, -0.2) is 0 Å². The Morgan fingerprint density at radius 1 is 0.957 bits per heavy atom. The molecule has 46 heavy (non-hydrogen) atoms. The van der Waals surface area contributed by atoms with Crippen LogP contribution in [-0.4, -0.2) is 54.9 Å². The van der Waals surface area contributed by atoms with Crippen LogP contribution in [0.3, 0.4) is 0 Å². The average molecular weight is 662 g/mol. The van der Waals surface area contributed by atoms with E-state index in [1.54, 1.807) is 36.4 Å². The van der Waals surface area contributed by atoms with Crippen molar-refractivity contribution < 1.29 is 33.6 Å². The van der Waals surface area contributed by atoms with E-state index in [1.807, 2.05) is 19.1 Å². The monoisotopic (exact) mass is 661 g/mol. The van der Waals surface area contributed by atoms with Crippen molar-refractivity contribution in [1.29, 1.82) is 0 Å². The molecule has 1 atom stereocenters. The van der Waals surface area contributed by atoms with Gasteiger partial charge >= 0.3 is 5.91 Å². The molecule has 1 amide bonds. The van der Waals surface area contributed by atoms with Gasteiger partial charge in [-0.1, -0.05) is 66.3 Å². The van der Waals surface area contributed by atoms with E-state index in [-0.39, 0.29) is 16.5 Å². The van der Waals surface area contributed by atoms with Crippen LogP contribution in [0, 0.1) is 6.92 Å². The normalized spacial score (nSPS) is 15.7. The van der Waals surface area contributed by atoms with Gasteiger partial charge in [0.2, 0.25) is 10.9 Å². The summed E-state index contributed by atoms with van der Waals surface area (Å²) in [5.74, 6) is 0.242. The van der Waals surface area contributed by atoms with Crippen molar-refractivity contribution in [2.24, 2.45) is 0 Å². The maximum absolute atomic E-state index is 13.7. The summed E-state index contributed by atoms with van der Waals surface area (Å²) >= 11 is 2.67. The topological polar surface area (TPSA) is 120 Å². The summed E-state index contributed by atoms with van der Waals surface area (Å²) in [6, 6.07) is 17.2. The first-order valence-corrected chi connectivity index (χ1v) is 16.5. The molecule has 5 rings (SSSR count). The zero-order valence-corrected chi connectivity index (χ0v) is 27.9. The summed E-state index contributed by atoms with van der Waals surface area (Å²) in [5, 5.41) is 20.4. The number of hydrogen-bond acceptors (Lipinski definition) is 11. The maximum Gasteiger partial charge on any atom is 0.301 e. The highest BCUT2D eigenvalue weighted by Crippen LogP contribution is 2.48. The zero-order chi connectivity index (χ0) is 32.8. The lowest BCUT2D eigenvalue weighted by Gasteiger charge is -2.24. The Morgan fingerprint density at radius 2 is 1.63 bits per heavy atom.